The van der Waals surface area contributed by atoms with Gasteiger partial charge in [-0.1, -0.05) is 0 Å². The normalized spacial score (nSPS) is 9.35. The van der Waals surface area contributed by atoms with Crippen molar-refractivity contribution >= 4 is 11.9 Å². The zero-order valence-electron chi connectivity index (χ0n) is 12.2. The van der Waals surface area contributed by atoms with Crippen molar-refractivity contribution in [2.24, 2.45) is 0 Å². The molecule has 0 bridgehead atoms. The minimum absolute atomic E-state index is 0.225. The highest BCUT2D eigenvalue weighted by atomic mass is 16.7. The van der Waals surface area contributed by atoms with Crippen LogP contribution in [0.2, 0.25) is 0 Å². The number of nitriles is 2. The molecule has 2 aromatic rings. The van der Waals surface area contributed by atoms with E-state index in [-0.39, 0.29) is 5.56 Å². The van der Waals surface area contributed by atoms with Crippen molar-refractivity contribution in [3.05, 3.63) is 70.8 Å². The molecule has 0 aromatic heterocycles. The highest BCUT2D eigenvalue weighted by Crippen LogP contribution is 2.10. The van der Waals surface area contributed by atoms with Gasteiger partial charge >= 0.3 is 5.97 Å². The number of carbonyl (C=O) groups excluding carboxylic acids is 2. The molecule has 112 valence electrons. The predicted octanol–water partition coefficient (Wildman–Crippen LogP) is 2.27. The molecule has 2 rings (SSSR count). The number of hydrogen-bond acceptors (Lipinski definition) is 5. The van der Waals surface area contributed by atoms with Crippen LogP contribution in [0.25, 0.3) is 0 Å². The number of rotatable bonds is 2. The Bertz CT molecular complexity index is 812. The summed E-state index contributed by atoms with van der Waals surface area (Å²) < 4.78 is 0. The third kappa shape index (κ3) is 3.72. The molecule has 0 aliphatic carbocycles. The van der Waals surface area contributed by atoms with E-state index in [1.54, 1.807) is 0 Å². The van der Waals surface area contributed by atoms with Crippen LogP contribution in [0, 0.1) is 22.7 Å². The van der Waals surface area contributed by atoms with Crippen LogP contribution in [-0.2, 0) is 4.84 Å². The second-order valence-corrected chi connectivity index (χ2v) is 4.56. The summed E-state index contributed by atoms with van der Waals surface area (Å²) in [5.41, 5.74) is 1.37. The molecule has 0 saturated carbocycles. The lowest BCUT2D eigenvalue weighted by molar-refractivity contribution is -0.0658. The van der Waals surface area contributed by atoms with Gasteiger partial charge in [0.2, 0.25) is 0 Å². The lowest BCUT2D eigenvalue weighted by Gasteiger charge is -2.16. The van der Waals surface area contributed by atoms with Gasteiger partial charge in [0, 0.05) is 12.6 Å². The standard InChI is InChI=1S/C17H11N3O3/c1-20(16(21)14-6-2-12(10-18)3-7-14)23-17(22)15-8-4-13(11-19)5-9-15/h2-9H,1H3. The molecule has 0 aliphatic heterocycles. The van der Waals surface area contributed by atoms with Gasteiger partial charge in [0.25, 0.3) is 5.91 Å². The monoisotopic (exact) mass is 305 g/mol. The number of nitrogens with zero attached hydrogens (tertiary/aromatic N) is 3. The number of amides is 1. The molecule has 2 aromatic carbocycles. The maximum absolute atomic E-state index is 12.1. The Morgan fingerprint density at radius 3 is 1.74 bits per heavy atom. The average molecular weight is 305 g/mol. The van der Waals surface area contributed by atoms with E-state index < -0.39 is 11.9 Å². The molecule has 6 nitrogen and oxygen atoms in total. The first-order valence-electron chi connectivity index (χ1n) is 6.56. The largest absolute Gasteiger partial charge is 0.363 e. The third-order valence-electron chi connectivity index (χ3n) is 3.02. The summed E-state index contributed by atoms with van der Waals surface area (Å²) in [6.45, 7) is 0. The Kier molecular flexibility index (Phi) is 4.71. The molecule has 0 aliphatic rings. The Morgan fingerprint density at radius 2 is 1.30 bits per heavy atom. The summed E-state index contributed by atoms with van der Waals surface area (Å²) in [6, 6.07) is 15.7. The molecular weight excluding hydrogens is 294 g/mol. The number of hydrogen-bond donors (Lipinski definition) is 0. The fourth-order valence-electron chi connectivity index (χ4n) is 1.77. The second-order valence-electron chi connectivity index (χ2n) is 4.56. The van der Waals surface area contributed by atoms with Crippen molar-refractivity contribution in [1.29, 1.82) is 10.5 Å². The summed E-state index contributed by atoms with van der Waals surface area (Å²) >= 11 is 0. The van der Waals surface area contributed by atoms with Crippen molar-refractivity contribution in [2.75, 3.05) is 7.05 Å². The SMILES string of the molecule is CN(OC(=O)c1ccc(C#N)cc1)C(=O)c1ccc(C#N)cc1. The smallest absolute Gasteiger partial charge is 0.333 e. The van der Waals surface area contributed by atoms with Gasteiger partial charge < -0.3 is 4.84 Å². The summed E-state index contributed by atoms with van der Waals surface area (Å²) in [6.07, 6.45) is 0. The van der Waals surface area contributed by atoms with E-state index >= 15 is 0 Å². The molecule has 0 atom stereocenters. The Labute approximate surface area is 132 Å². The summed E-state index contributed by atoms with van der Waals surface area (Å²) in [4.78, 5) is 29.1. The van der Waals surface area contributed by atoms with Crippen LogP contribution in [0.5, 0.6) is 0 Å². The van der Waals surface area contributed by atoms with E-state index in [2.05, 4.69) is 0 Å². The molecule has 6 heteroatoms. The maximum atomic E-state index is 12.1. The third-order valence-corrected chi connectivity index (χ3v) is 3.02. The van der Waals surface area contributed by atoms with Crippen molar-refractivity contribution < 1.29 is 14.4 Å². The van der Waals surface area contributed by atoms with E-state index in [9.17, 15) is 9.59 Å². The lowest BCUT2D eigenvalue weighted by atomic mass is 10.1. The quantitative estimate of drug-likeness (QED) is 0.793. The minimum Gasteiger partial charge on any atom is -0.333 e. The van der Waals surface area contributed by atoms with E-state index in [1.165, 1.54) is 55.6 Å². The van der Waals surface area contributed by atoms with Crippen LogP contribution in [0.4, 0.5) is 0 Å². The Balaban J connectivity index is 2.06. The van der Waals surface area contributed by atoms with Crippen LogP contribution in [-0.4, -0.2) is 24.0 Å². The molecule has 0 saturated heterocycles. The fourth-order valence-corrected chi connectivity index (χ4v) is 1.77. The summed E-state index contributed by atoms with van der Waals surface area (Å²) in [7, 11) is 1.32. The minimum atomic E-state index is -0.709. The van der Waals surface area contributed by atoms with E-state index in [0.717, 1.165) is 5.06 Å². The van der Waals surface area contributed by atoms with Gasteiger partial charge in [-0.05, 0) is 48.5 Å². The second kappa shape index (κ2) is 6.88. The predicted molar refractivity (Wildman–Crippen MR) is 79.8 cm³/mol. The average Bonchev–Trinajstić information content (AvgIpc) is 2.61. The van der Waals surface area contributed by atoms with Crippen LogP contribution < -0.4 is 0 Å². The fraction of sp³-hybridized carbons (Fsp3) is 0.0588. The van der Waals surface area contributed by atoms with Crippen LogP contribution >= 0.6 is 0 Å². The first-order chi connectivity index (χ1) is 11.0. The van der Waals surface area contributed by atoms with Gasteiger partial charge in [0.1, 0.15) is 0 Å². The van der Waals surface area contributed by atoms with Gasteiger partial charge in [-0.15, -0.1) is 0 Å². The molecular formula is C17H11N3O3. The zero-order chi connectivity index (χ0) is 16.8. The van der Waals surface area contributed by atoms with Gasteiger partial charge in [-0.3, -0.25) is 4.79 Å². The molecule has 1 amide bonds. The van der Waals surface area contributed by atoms with E-state index in [1.807, 2.05) is 12.1 Å². The maximum Gasteiger partial charge on any atom is 0.363 e. The summed E-state index contributed by atoms with van der Waals surface area (Å²) in [5.74, 6) is -1.23. The molecule has 0 spiro atoms. The van der Waals surface area contributed by atoms with E-state index in [0.29, 0.717) is 16.7 Å². The highest BCUT2D eigenvalue weighted by molar-refractivity contribution is 5.96. The van der Waals surface area contributed by atoms with Gasteiger partial charge in [-0.25, -0.2) is 4.79 Å². The van der Waals surface area contributed by atoms with Crippen LogP contribution in [0.15, 0.2) is 48.5 Å². The molecule has 0 unspecified atom stereocenters. The molecule has 0 heterocycles. The van der Waals surface area contributed by atoms with Crippen molar-refractivity contribution in [1.82, 2.24) is 5.06 Å². The summed E-state index contributed by atoms with van der Waals surface area (Å²) in [5, 5.41) is 18.3. The lowest BCUT2D eigenvalue weighted by Crippen LogP contribution is -2.29. The molecule has 0 N–H and O–H groups in total. The Morgan fingerprint density at radius 1 is 0.870 bits per heavy atom. The molecule has 0 radical (unpaired) electrons. The van der Waals surface area contributed by atoms with E-state index in [4.69, 9.17) is 15.4 Å². The molecule has 23 heavy (non-hydrogen) atoms. The van der Waals surface area contributed by atoms with Gasteiger partial charge in [0.05, 0.1) is 28.8 Å². The topological polar surface area (TPSA) is 94.2 Å². The number of hydroxylamine groups is 2. The highest BCUT2D eigenvalue weighted by Gasteiger charge is 2.17. The zero-order valence-corrected chi connectivity index (χ0v) is 12.2. The molecule has 0 fully saturated rings. The Hall–Kier alpha value is -3.64. The van der Waals surface area contributed by atoms with Crippen molar-refractivity contribution in [2.45, 2.75) is 0 Å². The number of benzene rings is 2. The van der Waals surface area contributed by atoms with Crippen molar-refractivity contribution in [3.8, 4) is 12.1 Å². The van der Waals surface area contributed by atoms with Gasteiger partial charge in [-0.2, -0.15) is 15.6 Å². The van der Waals surface area contributed by atoms with Crippen LogP contribution in [0.1, 0.15) is 31.8 Å². The van der Waals surface area contributed by atoms with Crippen molar-refractivity contribution in [3.63, 3.8) is 0 Å². The first kappa shape index (κ1) is 15.7. The first-order valence-corrected chi connectivity index (χ1v) is 6.56. The number of carbonyl (C=O) groups is 2. The van der Waals surface area contributed by atoms with Gasteiger partial charge in [0.15, 0.2) is 0 Å². The van der Waals surface area contributed by atoms with Crippen LogP contribution in [0.3, 0.4) is 0 Å².